The predicted octanol–water partition coefficient (Wildman–Crippen LogP) is 3.02. The molecule has 6 heteroatoms. The van der Waals surface area contributed by atoms with Gasteiger partial charge in [-0.25, -0.2) is 0 Å². The van der Waals surface area contributed by atoms with Crippen LogP contribution in [0.15, 0.2) is 42.7 Å². The van der Waals surface area contributed by atoms with Crippen molar-refractivity contribution in [3.8, 4) is 17.2 Å². The van der Waals surface area contributed by atoms with Crippen molar-refractivity contribution in [3.05, 3.63) is 48.3 Å². The van der Waals surface area contributed by atoms with Gasteiger partial charge in [-0.15, -0.1) is 0 Å². The fourth-order valence-electron chi connectivity index (χ4n) is 4.34. The molecule has 4 heterocycles. The third kappa shape index (κ3) is 2.66. The van der Waals surface area contributed by atoms with Gasteiger partial charge in [-0.3, -0.25) is 9.78 Å². The molecule has 0 spiro atoms. The Kier molecular flexibility index (Phi) is 3.69. The SMILES string of the molecule is O=C(c1ccc2c(c1)OCO2)N1C2CCC1CC(Oc1cccnc1)C2. The average Bonchev–Trinajstić information content (AvgIpc) is 3.24. The maximum atomic E-state index is 13.1. The number of aromatic nitrogens is 1. The van der Waals surface area contributed by atoms with Crippen molar-refractivity contribution in [3.63, 3.8) is 0 Å². The maximum absolute atomic E-state index is 13.1. The van der Waals surface area contributed by atoms with E-state index in [4.69, 9.17) is 14.2 Å². The van der Waals surface area contributed by atoms with Gasteiger partial charge in [-0.2, -0.15) is 0 Å². The highest BCUT2D eigenvalue weighted by atomic mass is 16.7. The van der Waals surface area contributed by atoms with Gasteiger partial charge in [0.1, 0.15) is 11.9 Å². The first-order chi connectivity index (χ1) is 12.8. The minimum Gasteiger partial charge on any atom is -0.489 e. The summed E-state index contributed by atoms with van der Waals surface area (Å²) >= 11 is 0. The zero-order chi connectivity index (χ0) is 17.5. The van der Waals surface area contributed by atoms with Gasteiger partial charge in [0, 0.05) is 36.7 Å². The van der Waals surface area contributed by atoms with E-state index in [1.165, 1.54) is 0 Å². The van der Waals surface area contributed by atoms with Gasteiger partial charge in [0.05, 0.1) is 6.20 Å². The molecule has 3 aliphatic heterocycles. The Labute approximate surface area is 151 Å². The van der Waals surface area contributed by atoms with E-state index < -0.39 is 0 Å². The second-order valence-corrected chi connectivity index (χ2v) is 7.07. The number of carbonyl (C=O) groups excluding carboxylic acids is 1. The zero-order valence-corrected chi connectivity index (χ0v) is 14.3. The van der Waals surface area contributed by atoms with E-state index >= 15 is 0 Å². The van der Waals surface area contributed by atoms with E-state index in [2.05, 4.69) is 9.88 Å². The van der Waals surface area contributed by atoms with Crippen LogP contribution in [0.25, 0.3) is 0 Å². The molecule has 2 bridgehead atoms. The van der Waals surface area contributed by atoms with Crippen molar-refractivity contribution in [2.24, 2.45) is 0 Å². The van der Waals surface area contributed by atoms with Crippen LogP contribution >= 0.6 is 0 Å². The van der Waals surface area contributed by atoms with E-state index in [0.29, 0.717) is 17.1 Å². The quantitative estimate of drug-likeness (QED) is 0.850. The monoisotopic (exact) mass is 352 g/mol. The molecule has 3 aliphatic rings. The largest absolute Gasteiger partial charge is 0.489 e. The minimum atomic E-state index is 0.0793. The number of rotatable bonds is 3. The number of carbonyl (C=O) groups is 1. The molecular weight excluding hydrogens is 332 g/mol. The number of piperidine rings is 1. The van der Waals surface area contributed by atoms with Crippen LogP contribution in [-0.4, -0.2) is 40.8 Å². The summed E-state index contributed by atoms with van der Waals surface area (Å²) in [5.41, 5.74) is 0.665. The zero-order valence-electron chi connectivity index (χ0n) is 14.3. The topological polar surface area (TPSA) is 60.9 Å². The summed E-state index contributed by atoms with van der Waals surface area (Å²) in [5.74, 6) is 2.23. The van der Waals surface area contributed by atoms with Crippen LogP contribution in [0, 0.1) is 0 Å². The Morgan fingerprint density at radius 3 is 2.69 bits per heavy atom. The first-order valence-corrected chi connectivity index (χ1v) is 9.07. The van der Waals surface area contributed by atoms with Gasteiger partial charge < -0.3 is 19.1 Å². The van der Waals surface area contributed by atoms with Gasteiger partial charge in [0.15, 0.2) is 11.5 Å². The molecule has 0 aliphatic carbocycles. The van der Waals surface area contributed by atoms with Crippen molar-refractivity contribution in [1.29, 1.82) is 0 Å². The van der Waals surface area contributed by atoms with E-state index in [0.717, 1.165) is 31.4 Å². The van der Waals surface area contributed by atoms with Crippen molar-refractivity contribution in [2.45, 2.75) is 43.9 Å². The van der Waals surface area contributed by atoms with Gasteiger partial charge in [-0.1, -0.05) is 0 Å². The minimum absolute atomic E-state index is 0.0793. The van der Waals surface area contributed by atoms with E-state index in [1.807, 2.05) is 24.3 Å². The molecule has 2 unspecified atom stereocenters. The molecule has 134 valence electrons. The van der Waals surface area contributed by atoms with Crippen molar-refractivity contribution in [2.75, 3.05) is 6.79 Å². The van der Waals surface area contributed by atoms with Crippen molar-refractivity contribution < 1.29 is 19.0 Å². The highest BCUT2D eigenvalue weighted by Gasteiger charge is 2.44. The molecule has 2 atom stereocenters. The van der Waals surface area contributed by atoms with E-state index in [-0.39, 0.29) is 30.9 Å². The second-order valence-electron chi connectivity index (χ2n) is 7.07. The van der Waals surface area contributed by atoms with Crippen molar-refractivity contribution in [1.82, 2.24) is 9.88 Å². The standard InChI is InChI=1S/C20H20N2O4/c23-20(13-3-6-18-19(8-13)25-12-24-18)22-14-4-5-15(22)10-17(9-14)26-16-2-1-7-21-11-16/h1-3,6-8,11,14-15,17H,4-5,9-10,12H2. The fraction of sp³-hybridized carbons (Fsp3) is 0.400. The Morgan fingerprint density at radius 2 is 1.92 bits per heavy atom. The lowest BCUT2D eigenvalue weighted by Gasteiger charge is -2.39. The molecule has 2 saturated heterocycles. The molecule has 5 rings (SSSR count). The predicted molar refractivity (Wildman–Crippen MR) is 93.4 cm³/mol. The van der Waals surface area contributed by atoms with E-state index in [1.54, 1.807) is 18.5 Å². The smallest absolute Gasteiger partial charge is 0.254 e. The number of nitrogens with zero attached hydrogens (tertiary/aromatic N) is 2. The lowest BCUT2D eigenvalue weighted by Crippen LogP contribution is -2.49. The number of benzene rings is 1. The highest BCUT2D eigenvalue weighted by Crippen LogP contribution is 2.39. The van der Waals surface area contributed by atoms with Crippen LogP contribution in [-0.2, 0) is 0 Å². The molecule has 26 heavy (non-hydrogen) atoms. The number of hydrogen-bond acceptors (Lipinski definition) is 5. The fourth-order valence-corrected chi connectivity index (χ4v) is 4.34. The number of ether oxygens (including phenoxy) is 3. The highest BCUT2D eigenvalue weighted by molar-refractivity contribution is 5.95. The molecule has 0 saturated carbocycles. The van der Waals surface area contributed by atoms with Crippen LogP contribution in [0.2, 0.25) is 0 Å². The number of hydrogen-bond donors (Lipinski definition) is 0. The van der Waals surface area contributed by atoms with Gasteiger partial charge >= 0.3 is 0 Å². The summed E-state index contributed by atoms with van der Waals surface area (Å²) in [7, 11) is 0. The summed E-state index contributed by atoms with van der Waals surface area (Å²) in [4.78, 5) is 19.3. The van der Waals surface area contributed by atoms with Crippen LogP contribution < -0.4 is 14.2 Å². The Bertz CT molecular complexity index is 812. The van der Waals surface area contributed by atoms with Gasteiger partial charge in [-0.05, 0) is 43.2 Å². The van der Waals surface area contributed by atoms with E-state index in [9.17, 15) is 4.79 Å². The summed E-state index contributed by atoms with van der Waals surface area (Å²) in [6, 6.07) is 9.70. The normalized spacial score (nSPS) is 26.0. The molecule has 0 radical (unpaired) electrons. The first-order valence-electron chi connectivity index (χ1n) is 9.07. The second kappa shape index (κ2) is 6.20. The first kappa shape index (κ1) is 15.5. The Balaban J connectivity index is 1.31. The third-order valence-corrected chi connectivity index (χ3v) is 5.48. The molecule has 2 fully saturated rings. The van der Waals surface area contributed by atoms with Crippen molar-refractivity contribution >= 4 is 5.91 Å². The summed E-state index contributed by atoms with van der Waals surface area (Å²) in [6.45, 7) is 0.218. The lowest BCUT2D eigenvalue weighted by molar-refractivity contribution is 0.0357. The molecule has 2 aromatic rings. The summed E-state index contributed by atoms with van der Waals surface area (Å²) in [6.07, 6.45) is 7.41. The summed E-state index contributed by atoms with van der Waals surface area (Å²) in [5, 5.41) is 0. The van der Waals surface area contributed by atoms with Gasteiger partial charge in [0.25, 0.3) is 5.91 Å². The average molecular weight is 352 g/mol. The van der Waals surface area contributed by atoms with Gasteiger partial charge in [0.2, 0.25) is 6.79 Å². The number of pyridine rings is 1. The molecule has 1 amide bonds. The van der Waals surface area contributed by atoms with Crippen LogP contribution in [0.4, 0.5) is 0 Å². The maximum Gasteiger partial charge on any atom is 0.254 e. The lowest BCUT2D eigenvalue weighted by atomic mass is 9.98. The molecule has 1 aromatic heterocycles. The molecular formula is C20H20N2O4. The third-order valence-electron chi connectivity index (χ3n) is 5.48. The molecule has 6 nitrogen and oxygen atoms in total. The number of amides is 1. The Morgan fingerprint density at radius 1 is 1.12 bits per heavy atom. The molecule has 0 N–H and O–H groups in total. The van der Waals surface area contributed by atoms with Crippen LogP contribution in [0.1, 0.15) is 36.0 Å². The summed E-state index contributed by atoms with van der Waals surface area (Å²) < 4.78 is 16.8. The van der Waals surface area contributed by atoms with Crippen LogP contribution in [0.5, 0.6) is 17.2 Å². The molecule has 1 aromatic carbocycles. The Hall–Kier alpha value is -2.76. The van der Waals surface area contributed by atoms with Crippen LogP contribution in [0.3, 0.4) is 0 Å². The number of fused-ring (bicyclic) bond motifs is 3.